The van der Waals surface area contributed by atoms with Crippen molar-refractivity contribution < 1.29 is 14.7 Å². The SMILES string of the molecule is Cc1ccc(NC(=O)CN2CC(C)CC(C(=O)O)C2)c(Br)c1. The zero-order valence-electron chi connectivity index (χ0n) is 12.8. The minimum absolute atomic E-state index is 0.122. The number of nitrogens with zero attached hydrogens (tertiary/aromatic N) is 1. The molecule has 0 spiro atoms. The summed E-state index contributed by atoms with van der Waals surface area (Å²) in [6.45, 7) is 5.41. The minimum atomic E-state index is -0.779. The lowest BCUT2D eigenvalue weighted by molar-refractivity contribution is -0.144. The van der Waals surface area contributed by atoms with E-state index in [0.29, 0.717) is 13.0 Å². The maximum absolute atomic E-state index is 12.2. The van der Waals surface area contributed by atoms with Crippen molar-refractivity contribution in [2.75, 3.05) is 25.0 Å². The average Bonchev–Trinajstić information content (AvgIpc) is 2.41. The number of halogens is 1. The summed E-state index contributed by atoms with van der Waals surface area (Å²) in [5, 5.41) is 12.0. The Balaban J connectivity index is 1.95. The lowest BCUT2D eigenvalue weighted by Gasteiger charge is -2.34. The van der Waals surface area contributed by atoms with Gasteiger partial charge in [0, 0.05) is 17.6 Å². The lowest BCUT2D eigenvalue weighted by Crippen LogP contribution is -2.45. The number of carboxylic acid groups (broad SMARTS) is 1. The van der Waals surface area contributed by atoms with Crippen molar-refractivity contribution in [3.63, 3.8) is 0 Å². The molecule has 2 unspecified atom stereocenters. The van der Waals surface area contributed by atoms with Gasteiger partial charge < -0.3 is 10.4 Å². The van der Waals surface area contributed by atoms with Crippen LogP contribution < -0.4 is 5.32 Å². The van der Waals surface area contributed by atoms with Gasteiger partial charge >= 0.3 is 5.97 Å². The third-order valence-corrected chi connectivity index (χ3v) is 4.51. The standard InChI is InChI=1S/C16H21BrN2O3/c1-10-3-4-14(13(17)6-10)18-15(20)9-19-7-11(2)5-12(8-19)16(21)22/h3-4,6,11-12H,5,7-9H2,1-2H3,(H,18,20)(H,21,22). The van der Waals surface area contributed by atoms with E-state index in [4.69, 9.17) is 0 Å². The molecule has 120 valence electrons. The van der Waals surface area contributed by atoms with Gasteiger partial charge in [0.15, 0.2) is 0 Å². The fraction of sp³-hybridized carbons (Fsp3) is 0.500. The highest BCUT2D eigenvalue weighted by Crippen LogP contribution is 2.24. The molecule has 0 bridgehead atoms. The number of carbonyl (C=O) groups is 2. The Labute approximate surface area is 138 Å². The first-order chi connectivity index (χ1) is 10.3. The number of nitrogens with one attached hydrogen (secondary N) is 1. The Morgan fingerprint density at radius 3 is 2.77 bits per heavy atom. The predicted octanol–water partition coefficient (Wildman–Crippen LogP) is 2.74. The van der Waals surface area contributed by atoms with Gasteiger partial charge in [-0.05, 0) is 52.9 Å². The molecule has 0 aromatic heterocycles. The Morgan fingerprint density at radius 2 is 2.14 bits per heavy atom. The molecule has 22 heavy (non-hydrogen) atoms. The van der Waals surface area contributed by atoms with E-state index in [2.05, 4.69) is 21.2 Å². The zero-order valence-corrected chi connectivity index (χ0v) is 14.4. The second-order valence-electron chi connectivity index (χ2n) is 6.10. The van der Waals surface area contributed by atoms with Crippen LogP contribution in [0.1, 0.15) is 18.9 Å². The van der Waals surface area contributed by atoms with Gasteiger partial charge in [0.1, 0.15) is 0 Å². The number of aryl methyl sites for hydroxylation is 1. The number of hydrogen-bond donors (Lipinski definition) is 2. The lowest BCUT2D eigenvalue weighted by atomic mass is 9.90. The van der Waals surface area contributed by atoms with E-state index in [9.17, 15) is 14.7 Å². The number of aliphatic carboxylic acids is 1. The summed E-state index contributed by atoms with van der Waals surface area (Å²) in [5.74, 6) is -1.00. The molecule has 1 aromatic rings. The van der Waals surface area contributed by atoms with Crippen LogP contribution in [0.2, 0.25) is 0 Å². The fourth-order valence-corrected chi connectivity index (χ4v) is 3.48. The molecule has 0 saturated carbocycles. The van der Waals surface area contributed by atoms with E-state index in [1.807, 2.05) is 36.9 Å². The third-order valence-electron chi connectivity index (χ3n) is 3.85. The number of likely N-dealkylation sites (tertiary alicyclic amines) is 1. The molecule has 2 atom stereocenters. The average molecular weight is 369 g/mol. The van der Waals surface area contributed by atoms with Crippen LogP contribution in [0.4, 0.5) is 5.69 Å². The van der Waals surface area contributed by atoms with Gasteiger partial charge in [-0.1, -0.05) is 13.0 Å². The maximum Gasteiger partial charge on any atom is 0.307 e. The summed E-state index contributed by atoms with van der Waals surface area (Å²) in [6.07, 6.45) is 0.678. The summed E-state index contributed by atoms with van der Waals surface area (Å²) in [4.78, 5) is 25.3. The monoisotopic (exact) mass is 368 g/mol. The Bertz CT molecular complexity index is 577. The molecule has 2 N–H and O–H groups in total. The Morgan fingerprint density at radius 1 is 1.41 bits per heavy atom. The van der Waals surface area contributed by atoms with Crippen LogP contribution in [0.5, 0.6) is 0 Å². The van der Waals surface area contributed by atoms with Crippen LogP contribution in [0.25, 0.3) is 0 Å². The van der Waals surface area contributed by atoms with E-state index < -0.39 is 5.97 Å². The second kappa shape index (κ2) is 7.24. The molecule has 6 heteroatoms. The minimum Gasteiger partial charge on any atom is -0.481 e. The van der Waals surface area contributed by atoms with Crippen LogP contribution >= 0.6 is 15.9 Å². The first-order valence-electron chi connectivity index (χ1n) is 7.36. The van der Waals surface area contributed by atoms with E-state index >= 15 is 0 Å². The van der Waals surface area contributed by atoms with Crippen LogP contribution in [-0.4, -0.2) is 41.5 Å². The number of benzene rings is 1. The van der Waals surface area contributed by atoms with Crippen molar-refractivity contribution in [2.45, 2.75) is 20.3 Å². The van der Waals surface area contributed by atoms with E-state index in [1.54, 1.807) is 0 Å². The number of amides is 1. The molecule has 1 heterocycles. The summed E-state index contributed by atoms with van der Waals surface area (Å²) in [6, 6.07) is 5.74. The van der Waals surface area contributed by atoms with Crippen LogP contribution in [0, 0.1) is 18.8 Å². The van der Waals surface area contributed by atoms with Crippen molar-refractivity contribution in [2.24, 2.45) is 11.8 Å². The van der Waals surface area contributed by atoms with Gasteiger partial charge in [0.2, 0.25) is 5.91 Å². The summed E-state index contributed by atoms with van der Waals surface area (Å²) in [5.41, 5.74) is 1.84. The van der Waals surface area contributed by atoms with Gasteiger partial charge in [-0.2, -0.15) is 0 Å². The molecule has 1 amide bonds. The first-order valence-corrected chi connectivity index (χ1v) is 8.15. The van der Waals surface area contributed by atoms with Crippen molar-refractivity contribution in [1.82, 2.24) is 4.90 Å². The number of hydrogen-bond acceptors (Lipinski definition) is 3. The molecule has 1 saturated heterocycles. The Hall–Kier alpha value is -1.40. The largest absolute Gasteiger partial charge is 0.481 e. The number of rotatable bonds is 4. The number of carboxylic acids is 1. The molecule has 1 aromatic carbocycles. The van der Waals surface area contributed by atoms with E-state index in [-0.39, 0.29) is 24.3 Å². The van der Waals surface area contributed by atoms with Crippen molar-refractivity contribution in [1.29, 1.82) is 0 Å². The molecule has 1 aliphatic rings. The van der Waals surface area contributed by atoms with E-state index in [0.717, 1.165) is 22.3 Å². The van der Waals surface area contributed by atoms with Crippen molar-refractivity contribution in [3.8, 4) is 0 Å². The van der Waals surface area contributed by atoms with Gasteiger partial charge in [-0.3, -0.25) is 14.5 Å². The van der Waals surface area contributed by atoms with E-state index in [1.165, 1.54) is 0 Å². The molecular weight excluding hydrogens is 348 g/mol. The highest BCUT2D eigenvalue weighted by molar-refractivity contribution is 9.10. The molecular formula is C16H21BrN2O3. The van der Waals surface area contributed by atoms with Crippen LogP contribution in [0.3, 0.4) is 0 Å². The summed E-state index contributed by atoms with van der Waals surface area (Å²) < 4.78 is 0.844. The molecule has 0 radical (unpaired) electrons. The van der Waals surface area contributed by atoms with Crippen molar-refractivity contribution >= 4 is 33.5 Å². The zero-order chi connectivity index (χ0) is 16.3. The topological polar surface area (TPSA) is 69.6 Å². The van der Waals surface area contributed by atoms with Crippen molar-refractivity contribution in [3.05, 3.63) is 28.2 Å². The predicted molar refractivity (Wildman–Crippen MR) is 88.9 cm³/mol. The van der Waals surface area contributed by atoms with Gasteiger partial charge in [0.05, 0.1) is 18.2 Å². The first kappa shape index (κ1) is 17.0. The van der Waals surface area contributed by atoms with Crippen LogP contribution in [-0.2, 0) is 9.59 Å². The molecule has 2 rings (SSSR count). The summed E-state index contributed by atoms with van der Waals surface area (Å²) >= 11 is 3.43. The fourth-order valence-electron chi connectivity index (χ4n) is 2.88. The highest BCUT2D eigenvalue weighted by atomic mass is 79.9. The Kier molecular flexibility index (Phi) is 5.58. The number of piperidine rings is 1. The number of anilines is 1. The quantitative estimate of drug-likeness (QED) is 0.856. The molecule has 5 nitrogen and oxygen atoms in total. The summed E-state index contributed by atoms with van der Waals surface area (Å²) in [7, 11) is 0. The van der Waals surface area contributed by atoms with Gasteiger partial charge in [-0.15, -0.1) is 0 Å². The second-order valence-corrected chi connectivity index (χ2v) is 6.96. The third kappa shape index (κ3) is 4.55. The normalized spacial score (nSPS) is 22.3. The molecule has 0 aliphatic carbocycles. The van der Waals surface area contributed by atoms with Crippen LogP contribution in [0.15, 0.2) is 22.7 Å². The molecule has 1 fully saturated rings. The highest BCUT2D eigenvalue weighted by Gasteiger charge is 2.30. The van der Waals surface area contributed by atoms with Gasteiger partial charge in [0.25, 0.3) is 0 Å². The smallest absolute Gasteiger partial charge is 0.307 e. The number of carbonyl (C=O) groups excluding carboxylic acids is 1. The maximum atomic E-state index is 12.2. The van der Waals surface area contributed by atoms with Gasteiger partial charge in [-0.25, -0.2) is 0 Å². The molecule has 1 aliphatic heterocycles.